The number of fused-ring (bicyclic) bond motifs is 3. The second-order valence-corrected chi connectivity index (χ2v) is 14.2. The molecule has 2 aliphatic rings. The van der Waals surface area contributed by atoms with Gasteiger partial charge in [0.25, 0.3) is 0 Å². The van der Waals surface area contributed by atoms with E-state index >= 15 is 0 Å². The van der Waals surface area contributed by atoms with Gasteiger partial charge in [-0.1, -0.05) is 83.2 Å². The summed E-state index contributed by atoms with van der Waals surface area (Å²) in [5.41, 5.74) is 12.7. The van der Waals surface area contributed by atoms with Gasteiger partial charge in [-0.2, -0.15) is 52.8 Å². The molecule has 1 heterocycles. The first-order valence-corrected chi connectivity index (χ1v) is 16.4. The van der Waals surface area contributed by atoms with Crippen molar-refractivity contribution in [2.24, 2.45) is 0 Å². The van der Waals surface area contributed by atoms with Crippen LogP contribution in [0, 0.1) is 12.1 Å². The predicted octanol–water partition coefficient (Wildman–Crippen LogP) is 4.13. The molecule has 4 aromatic rings. The Labute approximate surface area is 285 Å². The molecule has 0 unspecified atom stereocenters. The molecular formula is C38H40Cl2SZr-2. The van der Waals surface area contributed by atoms with E-state index in [4.69, 9.17) is 0 Å². The Morgan fingerprint density at radius 2 is 1.57 bits per heavy atom. The van der Waals surface area contributed by atoms with Crippen molar-refractivity contribution < 1.29 is 49.0 Å². The molecule has 2 aliphatic carbocycles. The molecule has 0 N–H and O–H groups in total. The first-order chi connectivity index (χ1) is 19.1. The van der Waals surface area contributed by atoms with Crippen LogP contribution in [0.25, 0.3) is 16.7 Å². The summed E-state index contributed by atoms with van der Waals surface area (Å²) in [7, 11) is 0. The van der Waals surface area contributed by atoms with E-state index in [9.17, 15) is 0 Å². The molecule has 0 spiro atoms. The molecule has 42 heavy (non-hydrogen) atoms. The zero-order chi connectivity index (χ0) is 28.8. The summed E-state index contributed by atoms with van der Waals surface area (Å²) in [5.74, 6) is 0. The molecule has 0 aliphatic heterocycles. The Kier molecular flexibility index (Phi) is 14.1. The van der Waals surface area contributed by atoms with Crippen LogP contribution >= 0.6 is 11.3 Å². The maximum absolute atomic E-state index is 3.67. The van der Waals surface area contributed by atoms with Crippen LogP contribution in [0.15, 0.2) is 89.6 Å². The fourth-order valence-corrected chi connectivity index (χ4v) is 6.02. The number of allylic oxidation sites excluding steroid dienone is 4. The van der Waals surface area contributed by atoms with Crippen LogP contribution in [0.1, 0.15) is 81.3 Å². The van der Waals surface area contributed by atoms with Crippen LogP contribution in [-0.2, 0) is 47.9 Å². The van der Waals surface area contributed by atoms with Gasteiger partial charge < -0.3 is 24.8 Å². The Morgan fingerprint density at radius 3 is 2.14 bits per heavy atom. The van der Waals surface area contributed by atoms with Crippen molar-refractivity contribution in [3.05, 3.63) is 135 Å². The van der Waals surface area contributed by atoms with E-state index < -0.39 is 0 Å². The Bertz CT molecular complexity index is 1420. The maximum atomic E-state index is 3.67. The van der Waals surface area contributed by atoms with Gasteiger partial charge in [0.15, 0.2) is 0 Å². The van der Waals surface area contributed by atoms with Crippen molar-refractivity contribution in [3.8, 4) is 11.1 Å². The molecule has 0 nitrogen and oxygen atoms in total. The van der Waals surface area contributed by atoms with Crippen molar-refractivity contribution in [2.45, 2.75) is 71.6 Å². The average molecular weight is 691 g/mol. The van der Waals surface area contributed by atoms with E-state index in [0.29, 0.717) is 0 Å². The van der Waals surface area contributed by atoms with E-state index in [0.717, 1.165) is 19.3 Å². The molecule has 0 atom stereocenters. The van der Waals surface area contributed by atoms with Crippen molar-refractivity contribution in [1.29, 1.82) is 0 Å². The van der Waals surface area contributed by atoms with Crippen LogP contribution in [0.5, 0.6) is 0 Å². The topological polar surface area (TPSA) is 0 Å². The number of hydrogen-bond acceptors (Lipinski definition) is 1. The second-order valence-electron chi connectivity index (χ2n) is 12.4. The summed E-state index contributed by atoms with van der Waals surface area (Å²) in [6.45, 7) is 13.6. The molecule has 0 amide bonds. The summed E-state index contributed by atoms with van der Waals surface area (Å²) in [6, 6.07) is 27.8. The summed E-state index contributed by atoms with van der Waals surface area (Å²) >= 11 is 3.24. The third-order valence-electron chi connectivity index (χ3n) is 7.17. The normalized spacial score (nSPS) is 12.7. The van der Waals surface area contributed by atoms with Gasteiger partial charge in [-0.25, -0.2) is 0 Å². The standard InChI is InChI=1S/C21H25.C9H7S.C8H8.2ClH.Zr/c1-20(2,3)16-7-9-18-14(12-16)11-15-13-17(21(4,5)6)8-10-19(15)18;1-2-4-8(3-1)9-5-6-10-7-9;1-2-8-6-4-3-5-7-8;;;/h7-10,12H,11H2,1-6H3;1,3,5-7H,2H2;1,3-7H,2H2;2*1H;/q2*-1;;;;+2/p-2. The number of hydrogen-bond donors (Lipinski definition) is 0. The summed E-state index contributed by atoms with van der Waals surface area (Å²) in [6.07, 6.45) is 10.7. The number of halogens is 2. The Morgan fingerprint density at radius 1 is 0.857 bits per heavy atom. The van der Waals surface area contributed by atoms with Gasteiger partial charge in [-0.15, -0.1) is 22.8 Å². The molecule has 1 aromatic heterocycles. The molecule has 218 valence electrons. The molecule has 0 radical (unpaired) electrons. The third kappa shape index (κ3) is 9.85. The van der Waals surface area contributed by atoms with E-state index in [-0.39, 0.29) is 35.6 Å². The van der Waals surface area contributed by atoms with Gasteiger partial charge >= 0.3 is 70.3 Å². The summed E-state index contributed by atoms with van der Waals surface area (Å²) in [4.78, 5) is 0. The van der Waals surface area contributed by atoms with E-state index in [1.807, 2.05) is 6.07 Å². The van der Waals surface area contributed by atoms with Gasteiger partial charge in [0.1, 0.15) is 0 Å². The van der Waals surface area contributed by atoms with E-state index in [1.54, 1.807) is 11.3 Å². The van der Waals surface area contributed by atoms with Crippen molar-refractivity contribution in [3.63, 3.8) is 0 Å². The van der Waals surface area contributed by atoms with Gasteiger partial charge in [0.2, 0.25) is 0 Å². The van der Waals surface area contributed by atoms with Crippen LogP contribution in [-0.4, -0.2) is 3.71 Å². The molecule has 0 fully saturated rings. The fourth-order valence-electron chi connectivity index (χ4n) is 4.78. The van der Waals surface area contributed by atoms with Gasteiger partial charge in [0, 0.05) is 0 Å². The zero-order valence-corrected chi connectivity index (χ0v) is 30.3. The Hall–Kier alpha value is -1.83. The zero-order valence-electron chi connectivity index (χ0n) is 25.5. The SMILES string of the molecule is CC(C)(C)c1[c-]c2c(cc1)-c1ccc(C(C)(C)C)cc1C2.[C-]1=C(c2ccsc2)C=CC1.[Cl-].[Cl-].[Zr+2]=[CH]Cc1ccccc1. The minimum absolute atomic E-state index is 0. The van der Waals surface area contributed by atoms with E-state index in [2.05, 4.69) is 141 Å². The van der Waals surface area contributed by atoms with Gasteiger partial charge in [0.05, 0.1) is 0 Å². The number of rotatable bonds is 3. The Balaban J connectivity index is 0.000000245. The fraction of sp³-hybridized carbons (Fsp3) is 0.289. The number of thiophene rings is 1. The van der Waals surface area contributed by atoms with Crippen LogP contribution in [0.3, 0.4) is 0 Å². The quantitative estimate of drug-likeness (QED) is 0.250. The monoisotopic (exact) mass is 688 g/mol. The predicted molar refractivity (Wildman–Crippen MR) is 172 cm³/mol. The molecule has 0 saturated carbocycles. The minimum atomic E-state index is 0. The molecule has 0 bridgehead atoms. The molecule has 3 aromatic carbocycles. The molecular weight excluding hydrogens is 651 g/mol. The average Bonchev–Trinajstić information content (AvgIpc) is 3.69. The first kappa shape index (κ1) is 36.4. The third-order valence-corrected chi connectivity index (χ3v) is 8.36. The number of benzene rings is 3. The molecule has 4 heteroatoms. The van der Waals surface area contributed by atoms with Crippen LogP contribution < -0.4 is 24.8 Å². The summed E-state index contributed by atoms with van der Waals surface area (Å²) < 4.78 is 2.25. The molecule has 6 rings (SSSR count). The van der Waals surface area contributed by atoms with Crippen molar-refractivity contribution in [1.82, 2.24) is 0 Å². The van der Waals surface area contributed by atoms with Gasteiger partial charge in [-0.3, -0.25) is 0 Å². The van der Waals surface area contributed by atoms with Gasteiger partial charge in [-0.05, 0) is 33.8 Å². The van der Waals surface area contributed by atoms with Crippen molar-refractivity contribution in [2.75, 3.05) is 0 Å². The first-order valence-electron chi connectivity index (χ1n) is 14.1. The second kappa shape index (κ2) is 16.3. The van der Waals surface area contributed by atoms with Crippen LogP contribution in [0.4, 0.5) is 0 Å². The van der Waals surface area contributed by atoms with Crippen molar-refractivity contribution >= 4 is 20.6 Å². The summed E-state index contributed by atoms with van der Waals surface area (Å²) in [5, 5.41) is 4.24. The molecule has 0 saturated heterocycles. The van der Waals surface area contributed by atoms with Crippen LogP contribution in [0.2, 0.25) is 0 Å². The van der Waals surface area contributed by atoms with E-state index in [1.165, 1.54) is 74.3 Å².